The Balaban J connectivity index is 0.00000205. The number of thiazole rings is 1. The third-order valence-corrected chi connectivity index (χ3v) is 7.27. The van der Waals surface area contributed by atoms with E-state index >= 15 is 0 Å². The lowest BCUT2D eigenvalue weighted by Gasteiger charge is -2.12. The zero-order valence-corrected chi connectivity index (χ0v) is 24.4. The lowest BCUT2D eigenvalue weighted by atomic mass is 9.98. The third-order valence-electron chi connectivity index (χ3n) is 6.10. The molecule has 0 fully saturated rings. The summed E-state index contributed by atoms with van der Waals surface area (Å²) in [4.78, 5) is 19.1. The lowest BCUT2D eigenvalue weighted by molar-refractivity contribution is -0.139. The van der Waals surface area contributed by atoms with Gasteiger partial charge in [-0.05, 0) is 73.9 Å². The fourth-order valence-corrected chi connectivity index (χ4v) is 5.26. The first-order chi connectivity index (χ1) is 18.8. The Hall–Kier alpha value is -3.78. The van der Waals surface area contributed by atoms with Crippen LogP contribution >= 0.6 is 11.3 Å². The molecule has 0 saturated heterocycles. The molecule has 1 aliphatic rings. The second kappa shape index (κ2) is 14.4. The van der Waals surface area contributed by atoms with Crippen LogP contribution in [0.25, 0.3) is 11.3 Å². The number of nitrogens with zero attached hydrogens (tertiary/aromatic N) is 2. The Morgan fingerprint density at radius 1 is 1.10 bits per heavy atom. The number of methoxy groups -OCH3 is 1. The van der Waals surface area contributed by atoms with Gasteiger partial charge >= 0.3 is 5.97 Å². The number of carbonyl (C=O) groups is 1. The maximum Gasteiger partial charge on any atom is 0.341 e. The standard InChI is InChI=1S/C29H32N2O5S.C2H6/c1-19-16-24(14-15-25(19)36-18-27(32)33)35-17-26-30-28(20-9-12-23(34-4)13-10-20)29(37-26)21-6-5-7-22(11-8-21)31(2)3;1-2/h7-16,21H,5-6,17-18H2,1-4H3,(H,32,33);1-2H3. The van der Waals surface area contributed by atoms with Crippen LogP contribution in [0.2, 0.25) is 0 Å². The molecule has 0 amide bonds. The average molecular weight is 551 g/mol. The summed E-state index contributed by atoms with van der Waals surface area (Å²) < 4.78 is 16.7. The molecule has 1 aliphatic carbocycles. The summed E-state index contributed by atoms with van der Waals surface area (Å²) in [6.45, 7) is 5.82. The van der Waals surface area contributed by atoms with Gasteiger partial charge in [-0.3, -0.25) is 0 Å². The van der Waals surface area contributed by atoms with Gasteiger partial charge < -0.3 is 24.2 Å². The van der Waals surface area contributed by atoms with E-state index in [1.165, 1.54) is 10.6 Å². The number of allylic oxidation sites excluding steroid dienone is 3. The van der Waals surface area contributed by atoms with Crippen molar-refractivity contribution in [2.75, 3.05) is 27.8 Å². The Morgan fingerprint density at radius 3 is 2.46 bits per heavy atom. The molecule has 39 heavy (non-hydrogen) atoms. The van der Waals surface area contributed by atoms with Crippen LogP contribution in [-0.4, -0.2) is 48.8 Å². The normalized spacial score (nSPS) is 14.4. The van der Waals surface area contributed by atoms with Gasteiger partial charge in [0.15, 0.2) is 6.61 Å². The van der Waals surface area contributed by atoms with E-state index in [1.54, 1.807) is 30.6 Å². The first kappa shape index (κ1) is 29.8. The fraction of sp³-hybridized carbons (Fsp3) is 0.355. The molecule has 0 spiro atoms. The largest absolute Gasteiger partial charge is 0.497 e. The predicted molar refractivity (Wildman–Crippen MR) is 157 cm³/mol. The Kier molecular flexibility index (Phi) is 11.0. The van der Waals surface area contributed by atoms with E-state index in [9.17, 15) is 4.79 Å². The minimum atomic E-state index is -1.01. The van der Waals surface area contributed by atoms with E-state index < -0.39 is 5.97 Å². The SMILES string of the molecule is CC.COc1ccc(-c2nc(COc3ccc(OCC(=O)O)c(C)c3)sc2C2C=CC(N(C)C)=CCC2)cc1. The molecule has 1 atom stereocenters. The van der Waals surface area contributed by atoms with E-state index in [0.717, 1.165) is 40.4 Å². The number of hydrogen-bond donors (Lipinski definition) is 1. The van der Waals surface area contributed by atoms with Gasteiger partial charge in [-0.15, -0.1) is 11.3 Å². The quantitative estimate of drug-likeness (QED) is 0.289. The van der Waals surface area contributed by atoms with E-state index in [2.05, 4.69) is 37.2 Å². The van der Waals surface area contributed by atoms with E-state index in [4.69, 9.17) is 24.3 Å². The van der Waals surface area contributed by atoms with Crippen LogP contribution in [-0.2, 0) is 11.4 Å². The van der Waals surface area contributed by atoms with Gasteiger partial charge in [0.1, 0.15) is 28.9 Å². The average Bonchev–Trinajstić information content (AvgIpc) is 3.20. The van der Waals surface area contributed by atoms with E-state index in [-0.39, 0.29) is 12.5 Å². The molecular formula is C31H38N2O5S. The molecule has 0 radical (unpaired) electrons. The van der Waals surface area contributed by atoms with Crippen molar-refractivity contribution in [3.8, 4) is 28.5 Å². The summed E-state index contributed by atoms with van der Waals surface area (Å²) in [6, 6.07) is 13.4. The van der Waals surface area contributed by atoms with Crippen molar-refractivity contribution < 1.29 is 24.1 Å². The van der Waals surface area contributed by atoms with Crippen molar-refractivity contribution in [3.63, 3.8) is 0 Å². The summed E-state index contributed by atoms with van der Waals surface area (Å²) in [5.41, 5.74) is 4.05. The third kappa shape index (κ3) is 8.10. The number of likely N-dealkylation sites (N-methyl/N-ethyl adjacent to an activating group) is 1. The highest BCUT2D eigenvalue weighted by molar-refractivity contribution is 7.12. The first-order valence-electron chi connectivity index (χ1n) is 13.1. The molecule has 8 heteroatoms. The minimum absolute atomic E-state index is 0.255. The zero-order valence-electron chi connectivity index (χ0n) is 23.6. The summed E-state index contributed by atoms with van der Waals surface area (Å²) in [6.07, 6.45) is 8.76. The minimum Gasteiger partial charge on any atom is -0.497 e. The smallest absolute Gasteiger partial charge is 0.341 e. The molecular weight excluding hydrogens is 512 g/mol. The number of hydrogen-bond acceptors (Lipinski definition) is 7. The van der Waals surface area contributed by atoms with E-state index in [1.807, 2.05) is 51.1 Å². The molecule has 1 unspecified atom stereocenters. The summed E-state index contributed by atoms with van der Waals surface area (Å²) in [7, 11) is 5.79. The highest BCUT2D eigenvalue weighted by Gasteiger charge is 2.21. The van der Waals surface area contributed by atoms with Gasteiger partial charge in [-0.2, -0.15) is 0 Å². The van der Waals surface area contributed by atoms with Crippen LogP contribution in [0.5, 0.6) is 17.2 Å². The molecule has 2 aromatic carbocycles. The Morgan fingerprint density at radius 2 is 1.82 bits per heavy atom. The van der Waals surface area contributed by atoms with Gasteiger partial charge in [0.25, 0.3) is 0 Å². The molecule has 1 aromatic heterocycles. The number of aryl methyl sites for hydroxylation is 1. The zero-order chi connectivity index (χ0) is 28.4. The number of benzene rings is 2. The van der Waals surface area contributed by atoms with Crippen molar-refractivity contribution in [3.05, 3.63) is 81.8 Å². The van der Waals surface area contributed by atoms with Crippen molar-refractivity contribution >= 4 is 17.3 Å². The van der Waals surface area contributed by atoms with Crippen molar-refractivity contribution in [1.29, 1.82) is 0 Å². The highest BCUT2D eigenvalue weighted by atomic mass is 32.1. The molecule has 208 valence electrons. The number of aromatic nitrogens is 1. The molecule has 1 heterocycles. The van der Waals surface area contributed by atoms with E-state index in [0.29, 0.717) is 18.1 Å². The van der Waals surface area contributed by atoms with Crippen LogP contribution in [0.3, 0.4) is 0 Å². The molecule has 0 bridgehead atoms. The molecule has 0 aliphatic heterocycles. The lowest BCUT2D eigenvalue weighted by Crippen LogP contribution is -2.10. The van der Waals surface area contributed by atoms with Crippen LogP contribution in [0, 0.1) is 6.92 Å². The predicted octanol–water partition coefficient (Wildman–Crippen LogP) is 7.07. The van der Waals surface area contributed by atoms with Gasteiger partial charge in [0.2, 0.25) is 0 Å². The summed E-state index contributed by atoms with van der Waals surface area (Å²) in [5, 5.41) is 9.73. The second-order valence-corrected chi connectivity index (χ2v) is 10.1. The topological polar surface area (TPSA) is 81.1 Å². The number of ether oxygens (including phenoxy) is 3. The van der Waals surface area contributed by atoms with Crippen LogP contribution in [0.1, 0.15) is 48.1 Å². The van der Waals surface area contributed by atoms with Crippen LogP contribution < -0.4 is 14.2 Å². The maximum atomic E-state index is 10.8. The number of aliphatic carboxylic acids is 1. The summed E-state index contributed by atoms with van der Waals surface area (Å²) >= 11 is 1.68. The van der Waals surface area contributed by atoms with Gasteiger partial charge in [-0.25, -0.2) is 9.78 Å². The summed E-state index contributed by atoms with van der Waals surface area (Å²) in [5.74, 6) is 1.26. The second-order valence-electron chi connectivity index (χ2n) is 9.01. The molecule has 1 N–H and O–H groups in total. The molecule has 0 saturated carbocycles. The first-order valence-corrected chi connectivity index (χ1v) is 13.9. The van der Waals surface area contributed by atoms with Gasteiger partial charge in [-0.1, -0.05) is 26.0 Å². The van der Waals surface area contributed by atoms with Crippen LogP contribution in [0.15, 0.2) is 66.4 Å². The van der Waals surface area contributed by atoms with Crippen LogP contribution in [0.4, 0.5) is 0 Å². The maximum absolute atomic E-state index is 10.8. The fourth-order valence-electron chi connectivity index (χ4n) is 4.14. The Labute approximate surface area is 235 Å². The number of rotatable bonds is 10. The molecule has 7 nitrogen and oxygen atoms in total. The van der Waals surface area contributed by atoms with Crippen molar-refractivity contribution in [2.45, 2.75) is 46.1 Å². The monoisotopic (exact) mass is 550 g/mol. The Bertz CT molecular complexity index is 1290. The van der Waals surface area contributed by atoms with Crippen molar-refractivity contribution in [2.24, 2.45) is 0 Å². The van der Waals surface area contributed by atoms with Gasteiger partial charge in [0, 0.05) is 36.2 Å². The molecule has 4 rings (SSSR count). The van der Waals surface area contributed by atoms with Crippen molar-refractivity contribution in [1.82, 2.24) is 9.88 Å². The highest BCUT2D eigenvalue weighted by Crippen LogP contribution is 2.39. The number of carboxylic acid groups (broad SMARTS) is 1. The molecule has 3 aromatic rings. The van der Waals surface area contributed by atoms with Gasteiger partial charge in [0.05, 0.1) is 12.8 Å². The number of carboxylic acids is 1.